The minimum atomic E-state index is -1.60. The number of ether oxygens (including phenoxy) is 1. The van der Waals surface area contributed by atoms with Crippen molar-refractivity contribution in [3.05, 3.63) is 53.6 Å². The van der Waals surface area contributed by atoms with Gasteiger partial charge in [0.05, 0.1) is 24.0 Å². The highest BCUT2D eigenvalue weighted by molar-refractivity contribution is 7.98. The number of benzene rings is 1. The summed E-state index contributed by atoms with van der Waals surface area (Å²) in [6, 6.07) is 6.68. The van der Waals surface area contributed by atoms with E-state index in [-0.39, 0.29) is 5.57 Å². The van der Waals surface area contributed by atoms with Gasteiger partial charge in [-0.25, -0.2) is 4.79 Å². The summed E-state index contributed by atoms with van der Waals surface area (Å²) in [6.45, 7) is 6.46. The van der Waals surface area contributed by atoms with Crippen LogP contribution in [0.3, 0.4) is 0 Å². The van der Waals surface area contributed by atoms with Crippen molar-refractivity contribution >= 4 is 29.5 Å². The number of thioether (sulfide) groups is 1. The second kappa shape index (κ2) is 11.3. The van der Waals surface area contributed by atoms with Crippen molar-refractivity contribution in [2.24, 2.45) is 11.3 Å². The average molecular weight is 448 g/mol. The van der Waals surface area contributed by atoms with Crippen LogP contribution in [0.25, 0.3) is 0 Å². The number of carbonyl (C=O) groups is 3. The Balaban J connectivity index is 0.000000357. The summed E-state index contributed by atoms with van der Waals surface area (Å²) in [5, 5.41) is 22.1. The van der Waals surface area contributed by atoms with Crippen LogP contribution >= 0.6 is 11.8 Å². The second-order valence-electron chi connectivity index (χ2n) is 7.51. The molecule has 0 spiro atoms. The molecule has 3 unspecified atom stereocenters. The number of carboxylic acids is 2. The number of carboxylic acid groups (broad SMARTS) is 2. The van der Waals surface area contributed by atoms with Crippen LogP contribution in [0, 0.1) is 11.3 Å². The van der Waals surface area contributed by atoms with E-state index in [1.54, 1.807) is 24.3 Å². The van der Waals surface area contributed by atoms with E-state index in [4.69, 9.17) is 4.74 Å². The minimum absolute atomic E-state index is 0.212. The number of morpholine rings is 1. The standard InChI is InChI=1S/C17H16O5S.C6H13NO/c1-17(16(21)22)9-3-4-12(15(19)20)13(17)14(18)10-5-7-11(23-2)8-6-10;1-2-6-5-7-3-4-8-6/h3-9,13H,1-2H3,(H,19,20)(H,21,22);6-7H,2-5H2,1H3. The monoisotopic (exact) mass is 447 g/mol. The van der Waals surface area contributed by atoms with Gasteiger partial charge in [-0.3, -0.25) is 9.59 Å². The van der Waals surface area contributed by atoms with Crippen molar-refractivity contribution in [2.45, 2.75) is 31.3 Å². The van der Waals surface area contributed by atoms with Gasteiger partial charge in [0, 0.05) is 29.1 Å². The molecule has 31 heavy (non-hydrogen) atoms. The topological polar surface area (TPSA) is 113 Å². The molecule has 1 heterocycles. The van der Waals surface area contributed by atoms with Crippen molar-refractivity contribution in [1.82, 2.24) is 5.32 Å². The quantitative estimate of drug-likeness (QED) is 0.450. The Bertz CT molecular complexity index is 857. The first-order valence-electron chi connectivity index (χ1n) is 10.1. The molecule has 1 aromatic carbocycles. The summed E-state index contributed by atoms with van der Waals surface area (Å²) in [7, 11) is 0. The average Bonchev–Trinajstić information content (AvgIpc) is 2.79. The largest absolute Gasteiger partial charge is 0.481 e. The van der Waals surface area contributed by atoms with Gasteiger partial charge in [-0.05, 0) is 31.7 Å². The molecule has 3 atom stereocenters. The molecule has 0 saturated carbocycles. The first-order valence-corrected chi connectivity index (χ1v) is 11.3. The van der Waals surface area contributed by atoms with Gasteiger partial charge >= 0.3 is 11.9 Å². The molecule has 7 nitrogen and oxygen atoms in total. The van der Waals surface area contributed by atoms with Crippen LogP contribution in [0.5, 0.6) is 0 Å². The fourth-order valence-electron chi connectivity index (χ4n) is 3.47. The van der Waals surface area contributed by atoms with E-state index in [0.717, 1.165) is 31.0 Å². The lowest BCUT2D eigenvalue weighted by molar-refractivity contribution is -0.147. The normalized spacial score (nSPS) is 25.1. The predicted molar refractivity (Wildman–Crippen MR) is 120 cm³/mol. The molecule has 168 valence electrons. The minimum Gasteiger partial charge on any atom is -0.481 e. The zero-order valence-electron chi connectivity index (χ0n) is 18.0. The van der Waals surface area contributed by atoms with E-state index in [1.165, 1.54) is 36.9 Å². The fourth-order valence-corrected chi connectivity index (χ4v) is 3.88. The van der Waals surface area contributed by atoms with Crippen molar-refractivity contribution < 1.29 is 29.3 Å². The summed E-state index contributed by atoms with van der Waals surface area (Å²) < 4.78 is 5.36. The van der Waals surface area contributed by atoms with Gasteiger partial charge in [-0.15, -0.1) is 11.8 Å². The summed E-state index contributed by atoms with van der Waals surface area (Å²) in [6.07, 6.45) is 7.52. The number of Topliss-reactive ketones (excluding diaryl/α,β-unsaturated/α-hetero) is 1. The molecule has 0 aromatic heterocycles. The second-order valence-corrected chi connectivity index (χ2v) is 8.38. The number of carbonyl (C=O) groups excluding carboxylic acids is 1. The zero-order chi connectivity index (χ0) is 23.0. The Morgan fingerprint density at radius 3 is 2.35 bits per heavy atom. The van der Waals surface area contributed by atoms with Gasteiger partial charge in [0.2, 0.25) is 0 Å². The van der Waals surface area contributed by atoms with E-state index in [2.05, 4.69) is 12.2 Å². The van der Waals surface area contributed by atoms with Gasteiger partial charge in [0.1, 0.15) is 0 Å². The third kappa shape index (κ3) is 6.06. The SMILES string of the molecule is CCC1CNCCO1.CSc1ccc(C(=O)C2C(C(=O)O)=CC=CC2(C)C(=O)O)cc1. The van der Waals surface area contributed by atoms with E-state index < -0.39 is 29.1 Å². The van der Waals surface area contributed by atoms with E-state index >= 15 is 0 Å². The van der Waals surface area contributed by atoms with Gasteiger partial charge in [-0.1, -0.05) is 37.3 Å². The third-order valence-corrected chi connectivity index (χ3v) is 6.18. The van der Waals surface area contributed by atoms with E-state index in [0.29, 0.717) is 11.7 Å². The van der Waals surface area contributed by atoms with Crippen molar-refractivity contribution in [3.8, 4) is 0 Å². The van der Waals surface area contributed by atoms with Crippen molar-refractivity contribution in [2.75, 3.05) is 26.0 Å². The van der Waals surface area contributed by atoms with Crippen LogP contribution in [0.15, 0.2) is 53.0 Å². The highest BCUT2D eigenvalue weighted by Crippen LogP contribution is 2.40. The molecular formula is C23H29NO6S. The summed E-state index contributed by atoms with van der Waals surface area (Å²) in [5.41, 5.74) is -1.52. The Labute approximate surface area is 186 Å². The Hall–Kier alpha value is -2.42. The van der Waals surface area contributed by atoms with Crippen LogP contribution in [0.4, 0.5) is 0 Å². The van der Waals surface area contributed by atoms with Crippen molar-refractivity contribution in [3.63, 3.8) is 0 Å². The number of rotatable bonds is 6. The lowest BCUT2D eigenvalue weighted by atomic mass is 9.67. The molecule has 8 heteroatoms. The highest BCUT2D eigenvalue weighted by Gasteiger charge is 2.48. The predicted octanol–water partition coefficient (Wildman–Crippen LogP) is 3.26. The molecule has 3 N–H and O–H groups in total. The lowest BCUT2D eigenvalue weighted by Gasteiger charge is -2.32. The molecule has 0 amide bonds. The summed E-state index contributed by atoms with van der Waals surface area (Å²) in [5.74, 6) is -4.32. The molecule has 1 aliphatic carbocycles. The van der Waals surface area contributed by atoms with Gasteiger partial charge in [0.15, 0.2) is 5.78 Å². The van der Waals surface area contributed by atoms with Crippen molar-refractivity contribution in [1.29, 1.82) is 0 Å². The number of hydrogen-bond acceptors (Lipinski definition) is 6. The molecule has 2 aliphatic rings. The highest BCUT2D eigenvalue weighted by atomic mass is 32.2. The molecule has 1 fully saturated rings. The molecule has 1 saturated heterocycles. The molecule has 1 aromatic rings. The zero-order valence-corrected chi connectivity index (χ0v) is 18.8. The lowest BCUT2D eigenvalue weighted by Crippen LogP contribution is -2.42. The molecule has 1 aliphatic heterocycles. The molecule has 3 rings (SSSR count). The first kappa shape index (κ1) is 24.8. The van der Waals surface area contributed by atoms with Crippen LogP contribution in [0.2, 0.25) is 0 Å². The Morgan fingerprint density at radius 1 is 1.23 bits per heavy atom. The van der Waals surface area contributed by atoms with Gasteiger partial charge in [-0.2, -0.15) is 0 Å². The maximum atomic E-state index is 12.8. The maximum absolute atomic E-state index is 12.8. The van der Waals surface area contributed by atoms with E-state index in [1.807, 2.05) is 6.26 Å². The smallest absolute Gasteiger partial charge is 0.332 e. The fraction of sp³-hybridized carbons (Fsp3) is 0.435. The third-order valence-electron chi connectivity index (χ3n) is 5.43. The van der Waals surface area contributed by atoms with E-state index in [9.17, 15) is 24.6 Å². The Kier molecular flexibility index (Phi) is 9.03. The van der Waals surface area contributed by atoms with Crippen LogP contribution < -0.4 is 5.32 Å². The van der Waals surface area contributed by atoms with Gasteiger partial charge < -0.3 is 20.3 Å². The molecule has 0 radical (unpaired) electrons. The molecule has 0 bridgehead atoms. The number of ketones is 1. The van der Waals surface area contributed by atoms with Gasteiger partial charge in [0.25, 0.3) is 0 Å². The van der Waals surface area contributed by atoms with Crippen LogP contribution in [-0.4, -0.2) is 60.0 Å². The number of nitrogens with one attached hydrogen (secondary N) is 1. The van der Waals surface area contributed by atoms with Crippen LogP contribution in [0.1, 0.15) is 30.6 Å². The van der Waals surface area contributed by atoms with Crippen LogP contribution in [-0.2, 0) is 14.3 Å². The Morgan fingerprint density at radius 2 is 1.90 bits per heavy atom. The number of hydrogen-bond donors (Lipinski definition) is 3. The number of allylic oxidation sites excluding steroid dienone is 2. The summed E-state index contributed by atoms with van der Waals surface area (Å²) >= 11 is 1.51. The summed E-state index contributed by atoms with van der Waals surface area (Å²) in [4.78, 5) is 36.9. The first-order chi connectivity index (χ1) is 14.7. The maximum Gasteiger partial charge on any atom is 0.332 e. The number of aliphatic carboxylic acids is 2. The molecular weight excluding hydrogens is 418 g/mol.